The molecule has 0 fully saturated rings. The number of amides is 1. The second-order valence-electron chi connectivity index (χ2n) is 10.9. The number of fused-ring (bicyclic) bond motifs is 1. The number of benzene rings is 1. The molecule has 1 aromatic carbocycles. The Hall–Kier alpha value is -2.49. The van der Waals surface area contributed by atoms with Crippen LogP contribution in [0.15, 0.2) is 24.3 Å². The van der Waals surface area contributed by atoms with Crippen LogP contribution in [0.3, 0.4) is 0 Å². The van der Waals surface area contributed by atoms with Crippen molar-refractivity contribution in [1.29, 1.82) is 0 Å². The van der Waals surface area contributed by atoms with Crippen LogP contribution in [0, 0.1) is 0 Å². The van der Waals surface area contributed by atoms with E-state index >= 15 is 0 Å². The van der Waals surface area contributed by atoms with Crippen molar-refractivity contribution in [3.05, 3.63) is 46.2 Å². The predicted molar refractivity (Wildman–Crippen MR) is 150 cm³/mol. The minimum atomic E-state index is -5.29. The molecule has 0 radical (unpaired) electrons. The standard InChI is InChI=1S/C27H35ClF3N3O7S/c1-7-25(34-42(38)24(3,4)5)14-41-21-17(25)11-20(33-22(21)28)26(37,27(29,30)31)13-32-23(36)16-8-9-18(19(10-16)39-6)40-12-15(2)35/h8-11,15,34-35,37H,7,12-14H2,1-6H3,(H,32,36)/t15-,25+,26-,42?/m1/s1. The Morgan fingerprint density at radius 1 is 1.29 bits per heavy atom. The van der Waals surface area contributed by atoms with Crippen LogP contribution in [0.25, 0.3) is 0 Å². The first kappa shape index (κ1) is 34.0. The van der Waals surface area contributed by atoms with Gasteiger partial charge in [-0.15, -0.1) is 4.72 Å². The van der Waals surface area contributed by atoms with Crippen LogP contribution < -0.4 is 24.2 Å². The number of nitrogens with one attached hydrogen (secondary N) is 2. The molecule has 1 aliphatic heterocycles. The first-order valence-electron chi connectivity index (χ1n) is 13.0. The Labute approximate surface area is 250 Å². The third-order valence-electron chi connectivity index (χ3n) is 6.66. The van der Waals surface area contributed by atoms with Crippen molar-refractivity contribution >= 4 is 28.9 Å². The number of carbonyl (C=O) groups excluding carboxylic acids is 1. The molecule has 4 N–H and O–H groups in total. The van der Waals surface area contributed by atoms with Gasteiger partial charge in [0.15, 0.2) is 22.4 Å². The van der Waals surface area contributed by atoms with Crippen molar-refractivity contribution in [2.45, 2.75) is 69.2 Å². The number of hydrogen-bond acceptors (Lipinski definition) is 9. The summed E-state index contributed by atoms with van der Waals surface area (Å²) in [5.41, 5.74) is -5.63. The highest BCUT2D eigenvalue weighted by Gasteiger charge is 2.58. The molecule has 42 heavy (non-hydrogen) atoms. The van der Waals surface area contributed by atoms with Crippen LogP contribution in [0.5, 0.6) is 17.2 Å². The van der Waals surface area contributed by atoms with Gasteiger partial charge < -0.3 is 34.3 Å². The third-order valence-corrected chi connectivity index (χ3v) is 8.61. The van der Waals surface area contributed by atoms with Crippen LogP contribution in [-0.4, -0.2) is 69.6 Å². The molecule has 2 aromatic rings. The zero-order valence-electron chi connectivity index (χ0n) is 24.0. The van der Waals surface area contributed by atoms with Crippen LogP contribution in [0.4, 0.5) is 13.2 Å². The molecule has 1 aliphatic rings. The molecule has 0 spiro atoms. The normalized spacial score (nSPS) is 19.7. The molecule has 0 saturated carbocycles. The second kappa shape index (κ2) is 12.6. The average Bonchev–Trinajstić information content (AvgIpc) is 3.27. The van der Waals surface area contributed by atoms with Crippen LogP contribution >= 0.6 is 11.6 Å². The molecule has 1 aromatic heterocycles. The monoisotopic (exact) mass is 637 g/mol. The molecule has 15 heteroatoms. The quantitative estimate of drug-likeness (QED) is 0.214. The Kier molecular flexibility index (Phi) is 10.2. The van der Waals surface area contributed by atoms with Crippen molar-refractivity contribution in [3.8, 4) is 17.2 Å². The van der Waals surface area contributed by atoms with E-state index < -0.39 is 62.8 Å². The molecule has 0 saturated heterocycles. The van der Waals surface area contributed by atoms with E-state index in [9.17, 15) is 32.7 Å². The molecular weight excluding hydrogens is 603 g/mol. The number of hydrogen-bond donors (Lipinski definition) is 4. The number of aromatic nitrogens is 1. The number of alkyl halides is 3. The van der Waals surface area contributed by atoms with E-state index in [4.69, 9.17) is 25.8 Å². The van der Waals surface area contributed by atoms with Gasteiger partial charge in [-0.25, -0.2) is 4.98 Å². The first-order chi connectivity index (χ1) is 19.4. The second-order valence-corrected chi connectivity index (χ2v) is 13.3. The topological polar surface area (TPSA) is 145 Å². The van der Waals surface area contributed by atoms with Gasteiger partial charge in [-0.3, -0.25) is 4.79 Å². The largest absolute Gasteiger partial charge is 0.598 e. The Morgan fingerprint density at radius 2 is 1.95 bits per heavy atom. The third kappa shape index (κ3) is 7.00. The van der Waals surface area contributed by atoms with Crippen molar-refractivity contribution in [2.24, 2.45) is 0 Å². The molecule has 2 heterocycles. The molecular formula is C27H35ClF3N3O7S. The predicted octanol–water partition coefficient (Wildman–Crippen LogP) is 3.73. The highest BCUT2D eigenvalue weighted by atomic mass is 35.5. The fourth-order valence-corrected chi connectivity index (χ4v) is 5.27. The lowest BCUT2D eigenvalue weighted by molar-refractivity contribution is -0.265. The van der Waals surface area contributed by atoms with Crippen LogP contribution in [0.1, 0.15) is 62.7 Å². The molecule has 1 amide bonds. The van der Waals surface area contributed by atoms with Crippen LogP contribution in [0.2, 0.25) is 5.15 Å². The lowest BCUT2D eigenvalue weighted by Crippen LogP contribution is -2.53. The summed E-state index contributed by atoms with van der Waals surface area (Å²) in [6.45, 7) is 7.02. The summed E-state index contributed by atoms with van der Waals surface area (Å²) in [7, 11) is 1.31. The average molecular weight is 638 g/mol. The Morgan fingerprint density at radius 3 is 2.50 bits per heavy atom. The highest BCUT2D eigenvalue weighted by molar-refractivity contribution is 7.90. The number of pyridine rings is 1. The summed E-state index contributed by atoms with van der Waals surface area (Å²) >= 11 is 4.62. The number of methoxy groups -OCH3 is 1. The van der Waals surface area contributed by atoms with E-state index in [2.05, 4.69) is 15.0 Å². The maximum atomic E-state index is 14.5. The van der Waals surface area contributed by atoms with Gasteiger partial charge in [-0.2, -0.15) is 13.2 Å². The van der Waals surface area contributed by atoms with E-state index in [1.807, 2.05) is 0 Å². The van der Waals surface area contributed by atoms with E-state index in [0.29, 0.717) is 0 Å². The maximum absolute atomic E-state index is 14.5. The van der Waals surface area contributed by atoms with Crippen molar-refractivity contribution in [2.75, 3.05) is 26.9 Å². The summed E-state index contributed by atoms with van der Waals surface area (Å²) in [5.74, 6) is -0.614. The number of aliphatic hydroxyl groups excluding tert-OH is 1. The highest BCUT2D eigenvalue weighted by Crippen LogP contribution is 2.47. The zero-order valence-corrected chi connectivity index (χ0v) is 25.6. The lowest BCUT2D eigenvalue weighted by Gasteiger charge is -2.34. The number of rotatable bonds is 11. The van der Waals surface area contributed by atoms with Gasteiger partial charge in [0.2, 0.25) is 5.60 Å². The maximum Gasteiger partial charge on any atom is 0.424 e. The smallest absolute Gasteiger partial charge is 0.424 e. The summed E-state index contributed by atoms with van der Waals surface area (Å²) in [4.78, 5) is 16.7. The summed E-state index contributed by atoms with van der Waals surface area (Å²) in [6.07, 6.45) is -5.80. The van der Waals surface area contributed by atoms with Gasteiger partial charge >= 0.3 is 6.18 Å². The molecule has 3 rings (SSSR count). The molecule has 10 nitrogen and oxygen atoms in total. The first-order valence-corrected chi connectivity index (χ1v) is 14.5. The van der Waals surface area contributed by atoms with Crippen molar-refractivity contribution in [3.63, 3.8) is 0 Å². The van der Waals surface area contributed by atoms with Gasteiger partial charge in [-0.1, -0.05) is 18.5 Å². The van der Waals surface area contributed by atoms with Crippen molar-refractivity contribution in [1.82, 2.24) is 15.0 Å². The molecule has 0 aliphatic carbocycles. The van der Waals surface area contributed by atoms with Gasteiger partial charge in [0.1, 0.15) is 23.5 Å². The number of halogens is 4. The molecule has 1 unspecified atom stereocenters. The molecule has 0 bridgehead atoms. The summed E-state index contributed by atoms with van der Waals surface area (Å²) in [6, 6.07) is 4.92. The van der Waals surface area contributed by atoms with E-state index in [1.165, 1.54) is 32.2 Å². The number of nitrogens with zero attached hydrogens (tertiary/aromatic N) is 1. The zero-order chi connectivity index (χ0) is 31.7. The minimum Gasteiger partial charge on any atom is -0.598 e. The number of ether oxygens (including phenoxy) is 3. The molecule has 234 valence electrons. The fourth-order valence-electron chi connectivity index (χ4n) is 4.04. The summed E-state index contributed by atoms with van der Waals surface area (Å²) in [5, 5.41) is 22.2. The van der Waals surface area contributed by atoms with Gasteiger partial charge in [-0.05, 0) is 58.4 Å². The van der Waals surface area contributed by atoms with Crippen LogP contribution in [-0.2, 0) is 22.5 Å². The van der Waals surface area contributed by atoms with Gasteiger partial charge in [0, 0.05) is 22.5 Å². The lowest BCUT2D eigenvalue weighted by atomic mass is 9.88. The Bertz CT molecular complexity index is 1290. The molecule has 4 atom stereocenters. The minimum absolute atomic E-state index is 0.0132. The van der Waals surface area contributed by atoms with E-state index in [-0.39, 0.29) is 48.0 Å². The number of aliphatic hydroxyl groups is 2. The van der Waals surface area contributed by atoms with Gasteiger partial charge in [0.05, 0.1) is 25.5 Å². The summed E-state index contributed by atoms with van der Waals surface area (Å²) < 4.78 is 74.8. The van der Waals surface area contributed by atoms with E-state index in [1.54, 1.807) is 27.7 Å². The fraction of sp³-hybridized carbons (Fsp3) is 0.556. The number of carbonyl (C=O) groups is 1. The van der Waals surface area contributed by atoms with Gasteiger partial charge in [0.25, 0.3) is 5.91 Å². The van der Waals surface area contributed by atoms with Crippen molar-refractivity contribution < 1.29 is 46.9 Å². The Balaban J connectivity index is 1.95. The SMILES string of the molecule is CC[C@]1(N[S+]([O-])C(C)(C)C)COc2c1cc([C@](O)(CNC(=O)c1ccc(OC[C@@H](C)O)c(OC)c1)C(F)(F)F)nc2Cl. The van der Waals surface area contributed by atoms with E-state index in [0.717, 1.165) is 6.07 Å².